The molecule has 101 valence electrons. The Bertz CT molecular complexity index is 410. The Morgan fingerprint density at radius 1 is 0.944 bits per heavy atom. The van der Waals surface area contributed by atoms with Crippen LogP contribution in [0.2, 0.25) is 0 Å². The number of benzene rings is 1. The summed E-state index contributed by atoms with van der Waals surface area (Å²) in [5.41, 5.74) is 8.78. The molecule has 1 aromatic carbocycles. The zero-order chi connectivity index (χ0) is 11.2. The van der Waals surface area contributed by atoms with Crippen LogP contribution in [0.15, 0.2) is 0 Å². The summed E-state index contributed by atoms with van der Waals surface area (Å²) in [6.07, 6.45) is 1.15. The van der Waals surface area contributed by atoms with Crippen molar-refractivity contribution in [2.24, 2.45) is 0 Å². The minimum atomic E-state index is 0. The molecule has 0 unspecified atom stereocenters. The van der Waals surface area contributed by atoms with Gasteiger partial charge in [0.1, 0.15) is 0 Å². The van der Waals surface area contributed by atoms with E-state index in [4.69, 9.17) is 0 Å². The molecule has 1 heterocycles. The molecule has 1 aliphatic rings. The number of nitrogens with one attached hydrogen (secondary N) is 1. The van der Waals surface area contributed by atoms with Crippen molar-refractivity contribution in [3.8, 4) is 0 Å². The standard InChI is InChI=1S/C14H20N.2CH4.Y/c1-8-9(2)11(4)14-12(5)15-7-6-13(14)10(8)3;;;/h12,15H,5-7H2,1-4H3;2*1H4;/q-1;;;/t12-;;;/m1.../s1. The summed E-state index contributed by atoms with van der Waals surface area (Å²) in [6, 6.07) is 0.270. The summed E-state index contributed by atoms with van der Waals surface area (Å²) in [6.45, 7) is 14.2. The molecule has 0 saturated carbocycles. The van der Waals surface area contributed by atoms with Gasteiger partial charge in [0.25, 0.3) is 0 Å². The minimum absolute atomic E-state index is 0. The molecule has 0 spiro atoms. The molecule has 0 aromatic heterocycles. The molecule has 1 aliphatic heterocycles. The Morgan fingerprint density at radius 3 is 2.00 bits per heavy atom. The molecular formula is C16H28NY-. The van der Waals surface area contributed by atoms with Crippen LogP contribution in [0.1, 0.15) is 54.3 Å². The van der Waals surface area contributed by atoms with Crippen LogP contribution >= 0.6 is 0 Å². The van der Waals surface area contributed by atoms with Crippen LogP contribution in [0.25, 0.3) is 0 Å². The van der Waals surface area contributed by atoms with Crippen molar-refractivity contribution in [3.05, 3.63) is 40.3 Å². The summed E-state index contributed by atoms with van der Waals surface area (Å²) >= 11 is 0. The Morgan fingerprint density at radius 2 is 1.44 bits per heavy atom. The third-order valence-corrected chi connectivity index (χ3v) is 3.98. The maximum atomic E-state index is 4.20. The first-order valence-electron chi connectivity index (χ1n) is 5.69. The Labute approximate surface area is 139 Å². The van der Waals surface area contributed by atoms with E-state index in [1.165, 1.54) is 33.4 Å². The predicted octanol–water partition coefficient (Wildman–Crippen LogP) is 4.21. The van der Waals surface area contributed by atoms with Gasteiger partial charge in [-0.25, -0.2) is 0 Å². The SMILES string of the molecule is C.C.[CH2-][C@H]1NCCc2c(C)c(C)c(C)c(C)c21.[Y]. The van der Waals surface area contributed by atoms with Gasteiger partial charge in [-0.3, -0.25) is 0 Å². The van der Waals surface area contributed by atoms with Gasteiger partial charge < -0.3 is 12.2 Å². The van der Waals surface area contributed by atoms with Crippen molar-refractivity contribution in [3.63, 3.8) is 0 Å². The van der Waals surface area contributed by atoms with Gasteiger partial charge >= 0.3 is 0 Å². The third kappa shape index (κ3) is 3.24. The van der Waals surface area contributed by atoms with E-state index >= 15 is 0 Å². The van der Waals surface area contributed by atoms with Crippen LogP contribution in [0, 0.1) is 34.6 Å². The smallest absolute Gasteiger partial charge is 0 e. The normalized spacial score (nSPS) is 16.8. The van der Waals surface area contributed by atoms with E-state index in [1.54, 1.807) is 0 Å². The van der Waals surface area contributed by atoms with Gasteiger partial charge in [0, 0.05) is 32.7 Å². The first kappa shape index (κ1) is 20.6. The molecule has 1 N–H and O–H groups in total. The molecule has 18 heavy (non-hydrogen) atoms. The van der Waals surface area contributed by atoms with Crippen LogP contribution in [0.4, 0.5) is 0 Å². The van der Waals surface area contributed by atoms with Crippen molar-refractivity contribution in [1.82, 2.24) is 5.32 Å². The van der Waals surface area contributed by atoms with Gasteiger partial charge in [0.15, 0.2) is 0 Å². The number of hydrogen-bond acceptors (Lipinski definition) is 1. The van der Waals surface area contributed by atoms with Gasteiger partial charge in [0.2, 0.25) is 0 Å². The minimum Gasteiger partial charge on any atom is -0.339 e. The fourth-order valence-corrected chi connectivity index (χ4v) is 2.69. The van der Waals surface area contributed by atoms with E-state index < -0.39 is 0 Å². The quantitative estimate of drug-likeness (QED) is 0.705. The van der Waals surface area contributed by atoms with Crippen molar-refractivity contribution in [1.29, 1.82) is 0 Å². The predicted molar refractivity (Wildman–Crippen MR) is 78.7 cm³/mol. The van der Waals surface area contributed by atoms with Crippen molar-refractivity contribution in [2.45, 2.75) is 55.0 Å². The summed E-state index contributed by atoms with van der Waals surface area (Å²) in [5.74, 6) is 0. The monoisotopic (exact) mass is 323 g/mol. The van der Waals surface area contributed by atoms with E-state index in [9.17, 15) is 0 Å². The van der Waals surface area contributed by atoms with E-state index in [0.29, 0.717) is 0 Å². The second-order valence-corrected chi connectivity index (χ2v) is 4.65. The van der Waals surface area contributed by atoms with Crippen LogP contribution in [-0.4, -0.2) is 6.54 Å². The topological polar surface area (TPSA) is 12.0 Å². The second kappa shape index (κ2) is 7.77. The van der Waals surface area contributed by atoms with Crippen LogP contribution in [-0.2, 0) is 39.1 Å². The second-order valence-electron chi connectivity index (χ2n) is 4.65. The van der Waals surface area contributed by atoms with Gasteiger partial charge in [-0.1, -0.05) is 26.5 Å². The Balaban J connectivity index is 0. The summed E-state index contributed by atoms with van der Waals surface area (Å²) in [4.78, 5) is 0. The molecule has 0 fully saturated rings. The van der Waals surface area contributed by atoms with Crippen LogP contribution < -0.4 is 5.32 Å². The van der Waals surface area contributed by atoms with E-state index in [2.05, 4.69) is 39.9 Å². The van der Waals surface area contributed by atoms with Gasteiger partial charge in [-0.15, -0.1) is 0 Å². The van der Waals surface area contributed by atoms with Gasteiger partial charge in [-0.05, 0) is 68.5 Å². The fourth-order valence-electron chi connectivity index (χ4n) is 2.69. The Kier molecular flexibility index (Phi) is 8.89. The third-order valence-electron chi connectivity index (χ3n) is 3.98. The molecule has 1 nitrogen and oxygen atoms in total. The molecule has 2 heteroatoms. The van der Waals surface area contributed by atoms with Crippen molar-refractivity contribution in [2.75, 3.05) is 6.54 Å². The molecule has 0 amide bonds. The molecule has 0 bridgehead atoms. The zero-order valence-corrected chi connectivity index (χ0v) is 13.6. The van der Waals surface area contributed by atoms with Crippen LogP contribution in [0.5, 0.6) is 0 Å². The van der Waals surface area contributed by atoms with E-state index in [0.717, 1.165) is 13.0 Å². The fraction of sp³-hybridized carbons (Fsp3) is 0.562. The molecule has 1 aromatic rings. The first-order valence-corrected chi connectivity index (χ1v) is 5.69. The average Bonchev–Trinajstić information content (AvgIpc) is 2.23. The number of rotatable bonds is 0. The molecule has 0 saturated heterocycles. The maximum absolute atomic E-state index is 4.20. The molecule has 1 atom stereocenters. The van der Waals surface area contributed by atoms with Gasteiger partial charge in [0.05, 0.1) is 0 Å². The largest absolute Gasteiger partial charge is 0.339 e. The molecule has 1 radical (unpaired) electrons. The van der Waals surface area contributed by atoms with Crippen molar-refractivity contribution < 1.29 is 32.7 Å². The molecular weight excluding hydrogens is 295 g/mol. The van der Waals surface area contributed by atoms with Gasteiger partial charge in [-0.2, -0.15) is 0 Å². The first-order chi connectivity index (χ1) is 7.04. The maximum Gasteiger partial charge on any atom is 0 e. The van der Waals surface area contributed by atoms with E-state index in [1.807, 2.05) is 0 Å². The Hall–Kier alpha value is 0.284. The zero-order valence-electron chi connectivity index (χ0n) is 10.8. The number of fused-ring (bicyclic) bond motifs is 1. The van der Waals surface area contributed by atoms with Crippen LogP contribution in [0.3, 0.4) is 0 Å². The summed E-state index contributed by atoms with van der Waals surface area (Å²) in [5, 5.41) is 3.44. The van der Waals surface area contributed by atoms with Crippen molar-refractivity contribution >= 4 is 0 Å². The summed E-state index contributed by atoms with van der Waals surface area (Å²) < 4.78 is 0. The number of hydrogen-bond donors (Lipinski definition) is 1. The molecule has 0 aliphatic carbocycles. The summed E-state index contributed by atoms with van der Waals surface area (Å²) in [7, 11) is 0. The molecule has 2 rings (SSSR count). The van der Waals surface area contributed by atoms with E-state index in [-0.39, 0.29) is 53.6 Å². The average molecular weight is 323 g/mol.